The first-order valence-corrected chi connectivity index (χ1v) is 10.8. The number of para-hydroxylation sites is 1. The summed E-state index contributed by atoms with van der Waals surface area (Å²) < 4.78 is 13.6. The fourth-order valence-electron chi connectivity index (χ4n) is 3.85. The summed E-state index contributed by atoms with van der Waals surface area (Å²) in [6, 6.07) is 17.6. The van der Waals surface area contributed by atoms with E-state index in [1.165, 1.54) is 0 Å². The molecule has 0 aliphatic carbocycles. The van der Waals surface area contributed by atoms with Gasteiger partial charge in [0.05, 0.1) is 18.9 Å². The molecule has 0 amide bonds. The monoisotopic (exact) mass is 439 g/mol. The highest BCUT2D eigenvalue weighted by Gasteiger charge is 2.21. The van der Waals surface area contributed by atoms with Gasteiger partial charge in [0.2, 0.25) is 5.95 Å². The lowest BCUT2D eigenvalue weighted by Gasteiger charge is -2.27. The molecule has 1 N–H and O–H groups in total. The number of rotatable bonds is 5. The summed E-state index contributed by atoms with van der Waals surface area (Å²) in [6.07, 6.45) is 5.39. The fraction of sp³-hybridized carbons (Fsp3) is 0.167. The minimum Gasteiger partial charge on any atom is -0.450 e. The molecular formula is C24H21N7O2. The number of pyridine rings is 1. The molecule has 0 spiro atoms. The highest BCUT2D eigenvalue weighted by Crippen LogP contribution is 2.33. The second-order valence-electron chi connectivity index (χ2n) is 7.64. The van der Waals surface area contributed by atoms with Crippen molar-refractivity contribution in [2.24, 2.45) is 0 Å². The van der Waals surface area contributed by atoms with E-state index >= 15 is 0 Å². The minimum absolute atomic E-state index is 0.462. The third-order valence-electron chi connectivity index (χ3n) is 5.48. The molecule has 1 aliphatic heterocycles. The summed E-state index contributed by atoms with van der Waals surface area (Å²) in [5, 5.41) is 7.86. The summed E-state index contributed by atoms with van der Waals surface area (Å²) in [5.74, 6) is 2.59. The number of hydrogen-bond donors (Lipinski definition) is 1. The van der Waals surface area contributed by atoms with Crippen LogP contribution in [0.25, 0.3) is 28.1 Å². The number of anilines is 3. The zero-order valence-corrected chi connectivity index (χ0v) is 17.8. The maximum absolute atomic E-state index is 6.22. The predicted molar refractivity (Wildman–Crippen MR) is 125 cm³/mol. The Labute approximate surface area is 189 Å². The number of furan rings is 1. The van der Waals surface area contributed by atoms with E-state index in [2.05, 4.69) is 20.3 Å². The Hall–Kier alpha value is -4.24. The summed E-state index contributed by atoms with van der Waals surface area (Å²) in [6.45, 7) is 2.76. The van der Waals surface area contributed by atoms with Crippen LogP contribution in [0.1, 0.15) is 0 Å². The molecule has 1 fully saturated rings. The van der Waals surface area contributed by atoms with Gasteiger partial charge in [-0.25, -0.2) is 9.67 Å². The van der Waals surface area contributed by atoms with Crippen molar-refractivity contribution in [3.05, 3.63) is 73.2 Å². The van der Waals surface area contributed by atoms with Gasteiger partial charge in [-0.1, -0.05) is 18.2 Å². The molecule has 9 nitrogen and oxygen atoms in total. The van der Waals surface area contributed by atoms with Crippen molar-refractivity contribution in [1.29, 1.82) is 0 Å². The van der Waals surface area contributed by atoms with Gasteiger partial charge in [-0.15, -0.1) is 0 Å². The third-order valence-corrected chi connectivity index (χ3v) is 5.48. The summed E-state index contributed by atoms with van der Waals surface area (Å²) in [4.78, 5) is 15.8. The maximum atomic E-state index is 6.22. The van der Waals surface area contributed by atoms with Crippen LogP contribution in [0.3, 0.4) is 0 Å². The smallest absolute Gasteiger partial charge is 0.231 e. The molecule has 0 radical (unpaired) electrons. The number of fused-ring (bicyclic) bond motifs is 1. The van der Waals surface area contributed by atoms with Crippen LogP contribution < -0.4 is 10.2 Å². The lowest BCUT2D eigenvalue weighted by atomic mass is 10.2. The van der Waals surface area contributed by atoms with Crippen LogP contribution in [0.2, 0.25) is 0 Å². The van der Waals surface area contributed by atoms with Crippen molar-refractivity contribution in [3.63, 3.8) is 0 Å². The van der Waals surface area contributed by atoms with E-state index in [0.29, 0.717) is 30.6 Å². The number of morpholine rings is 1. The van der Waals surface area contributed by atoms with E-state index in [-0.39, 0.29) is 0 Å². The van der Waals surface area contributed by atoms with Crippen molar-refractivity contribution in [2.45, 2.75) is 0 Å². The van der Waals surface area contributed by atoms with Crippen LogP contribution in [0, 0.1) is 0 Å². The van der Waals surface area contributed by atoms with Gasteiger partial charge >= 0.3 is 0 Å². The second kappa shape index (κ2) is 8.36. The maximum Gasteiger partial charge on any atom is 0.231 e. The molecule has 33 heavy (non-hydrogen) atoms. The van der Waals surface area contributed by atoms with Crippen LogP contribution in [-0.2, 0) is 4.74 Å². The van der Waals surface area contributed by atoms with Gasteiger partial charge < -0.3 is 19.4 Å². The van der Waals surface area contributed by atoms with Crippen molar-refractivity contribution in [2.75, 3.05) is 36.5 Å². The summed E-state index contributed by atoms with van der Waals surface area (Å²) >= 11 is 0. The second-order valence-corrected chi connectivity index (χ2v) is 7.64. The quantitative estimate of drug-likeness (QED) is 0.438. The normalized spacial score (nSPS) is 14.0. The number of nitrogens with zero attached hydrogens (tertiary/aromatic N) is 6. The van der Waals surface area contributed by atoms with E-state index < -0.39 is 0 Å². The number of benzene rings is 1. The zero-order chi connectivity index (χ0) is 22.0. The van der Waals surface area contributed by atoms with Crippen molar-refractivity contribution in [1.82, 2.24) is 24.7 Å². The zero-order valence-electron chi connectivity index (χ0n) is 17.8. The van der Waals surface area contributed by atoms with E-state index in [9.17, 15) is 0 Å². The van der Waals surface area contributed by atoms with Gasteiger partial charge in [-0.2, -0.15) is 10.1 Å². The summed E-state index contributed by atoms with van der Waals surface area (Å²) in [5.41, 5.74) is 3.30. The lowest BCUT2D eigenvalue weighted by Crippen LogP contribution is -2.37. The van der Waals surface area contributed by atoms with Crippen molar-refractivity contribution in [3.8, 4) is 17.0 Å². The summed E-state index contributed by atoms with van der Waals surface area (Å²) in [7, 11) is 0. The fourth-order valence-corrected chi connectivity index (χ4v) is 3.85. The van der Waals surface area contributed by atoms with E-state index in [4.69, 9.17) is 19.1 Å². The van der Waals surface area contributed by atoms with Gasteiger partial charge in [0, 0.05) is 49.4 Å². The van der Waals surface area contributed by atoms with E-state index in [1.807, 2.05) is 65.5 Å². The average Bonchev–Trinajstić information content (AvgIpc) is 3.53. The van der Waals surface area contributed by atoms with Crippen LogP contribution in [0.15, 0.2) is 77.6 Å². The largest absolute Gasteiger partial charge is 0.450 e. The third kappa shape index (κ3) is 3.90. The molecule has 0 bridgehead atoms. The molecule has 4 aromatic heterocycles. The van der Waals surface area contributed by atoms with E-state index in [1.54, 1.807) is 12.4 Å². The predicted octanol–water partition coefficient (Wildman–Crippen LogP) is 4.05. The molecule has 5 heterocycles. The molecular weight excluding hydrogens is 418 g/mol. The first-order chi connectivity index (χ1) is 16.3. The molecule has 1 aromatic carbocycles. The van der Waals surface area contributed by atoms with Crippen LogP contribution in [0.5, 0.6) is 0 Å². The molecule has 0 saturated carbocycles. The molecule has 1 saturated heterocycles. The highest BCUT2D eigenvalue weighted by molar-refractivity contribution is 5.89. The first kappa shape index (κ1) is 19.4. The topological polar surface area (TPSA) is 94.1 Å². The Balaban J connectivity index is 1.38. The van der Waals surface area contributed by atoms with Crippen LogP contribution in [-0.4, -0.2) is 51.0 Å². The molecule has 5 aromatic rings. The number of aromatic nitrogens is 5. The minimum atomic E-state index is 0.462. The van der Waals surface area contributed by atoms with Crippen LogP contribution in [0.4, 0.5) is 17.6 Å². The van der Waals surface area contributed by atoms with Crippen molar-refractivity contribution < 1.29 is 9.15 Å². The van der Waals surface area contributed by atoms with Gasteiger partial charge in [0.25, 0.3) is 0 Å². The SMILES string of the molecule is c1ccc(-n2ccc(Nc3nc(N4CCOCC4)c4oc(-c5ccncc5)cc4n3)n2)cc1. The molecule has 9 heteroatoms. The molecule has 0 atom stereocenters. The standard InChI is InChI=1S/C24H21N7O2/c1-2-4-18(5-3-1)31-11-8-21(29-31)27-24-26-19-16-20(17-6-9-25-10-7-17)33-22(19)23(28-24)30-12-14-32-15-13-30/h1-11,16H,12-15H2,(H,26,27,28,29). The first-order valence-electron chi connectivity index (χ1n) is 10.8. The van der Waals surface area contributed by atoms with Gasteiger partial charge in [0.1, 0.15) is 11.3 Å². The van der Waals surface area contributed by atoms with E-state index in [0.717, 1.165) is 41.4 Å². The van der Waals surface area contributed by atoms with Crippen molar-refractivity contribution >= 4 is 28.7 Å². The molecule has 164 valence electrons. The number of ether oxygens (including phenoxy) is 1. The Morgan fingerprint density at radius 1 is 0.909 bits per heavy atom. The lowest BCUT2D eigenvalue weighted by molar-refractivity contribution is 0.122. The van der Waals surface area contributed by atoms with Gasteiger partial charge in [-0.3, -0.25) is 4.98 Å². The Morgan fingerprint density at radius 2 is 1.73 bits per heavy atom. The average molecular weight is 439 g/mol. The Bertz CT molecular complexity index is 1380. The Morgan fingerprint density at radius 3 is 2.55 bits per heavy atom. The van der Waals surface area contributed by atoms with Gasteiger partial charge in [-0.05, 0) is 24.3 Å². The Kier molecular flexibility index (Phi) is 4.93. The van der Waals surface area contributed by atoms with Gasteiger partial charge in [0.15, 0.2) is 17.2 Å². The molecule has 6 rings (SSSR count). The number of hydrogen-bond acceptors (Lipinski definition) is 8. The molecule has 0 unspecified atom stereocenters. The highest BCUT2D eigenvalue weighted by atomic mass is 16.5. The van der Waals surface area contributed by atoms with Crippen LogP contribution >= 0.6 is 0 Å². The number of nitrogens with one attached hydrogen (secondary N) is 1. The molecule has 1 aliphatic rings.